The van der Waals surface area contributed by atoms with Crippen LogP contribution in [0.1, 0.15) is 49.3 Å². The van der Waals surface area contributed by atoms with Gasteiger partial charge in [-0.2, -0.15) is 0 Å². The van der Waals surface area contributed by atoms with Gasteiger partial charge in [-0.3, -0.25) is 0 Å². The Bertz CT molecular complexity index is 412. The lowest BCUT2D eigenvalue weighted by Crippen LogP contribution is -2.14. The molecule has 0 aromatic heterocycles. The molecular weight excluding hydrogens is 236 g/mol. The molecule has 1 aromatic rings. The number of aliphatic hydroxyl groups excluding tert-OH is 1. The zero-order valence-corrected chi connectivity index (χ0v) is 11.7. The van der Waals surface area contributed by atoms with E-state index in [4.69, 9.17) is 4.74 Å². The van der Waals surface area contributed by atoms with Crippen LogP contribution in [0.4, 0.5) is 0 Å². The Labute approximate surface area is 115 Å². The first-order valence-corrected chi connectivity index (χ1v) is 7.52. The van der Waals surface area contributed by atoms with Crippen molar-refractivity contribution in [3.05, 3.63) is 35.4 Å². The fraction of sp³-hybridized carbons (Fsp3) is 0.647. The van der Waals surface area contributed by atoms with E-state index in [-0.39, 0.29) is 6.10 Å². The molecule has 2 fully saturated rings. The largest absolute Gasteiger partial charge is 0.388 e. The number of aliphatic hydroxyl groups is 1. The van der Waals surface area contributed by atoms with E-state index in [0.717, 1.165) is 29.7 Å². The molecule has 0 amide bonds. The molecule has 0 heterocycles. The lowest BCUT2D eigenvalue weighted by atomic mass is 9.83. The Morgan fingerprint density at radius 2 is 2.00 bits per heavy atom. The summed E-state index contributed by atoms with van der Waals surface area (Å²) in [6.45, 7) is 0.642. The van der Waals surface area contributed by atoms with Crippen molar-refractivity contribution in [3.63, 3.8) is 0 Å². The van der Waals surface area contributed by atoms with Gasteiger partial charge in [0.2, 0.25) is 0 Å². The average molecular weight is 260 g/mol. The maximum absolute atomic E-state index is 10.4. The average Bonchev–Trinajstić information content (AvgIpc) is 3.02. The van der Waals surface area contributed by atoms with E-state index in [2.05, 4.69) is 12.1 Å². The molecule has 4 unspecified atom stereocenters. The maximum Gasteiger partial charge on any atom is 0.0792 e. The molecule has 0 saturated heterocycles. The quantitative estimate of drug-likeness (QED) is 0.875. The van der Waals surface area contributed by atoms with Crippen LogP contribution in [-0.2, 0) is 11.3 Å². The van der Waals surface area contributed by atoms with Crippen LogP contribution in [0, 0.1) is 17.8 Å². The minimum Gasteiger partial charge on any atom is -0.388 e. The van der Waals surface area contributed by atoms with Crippen molar-refractivity contribution in [2.24, 2.45) is 17.8 Å². The smallest absolute Gasteiger partial charge is 0.0792 e. The number of hydrogen-bond acceptors (Lipinski definition) is 2. The second-order valence-electron chi connectivity index (χ2n) is 6.36. The second kappa shape index (κ2) is 5.64. The van der Waals surface area contributed by atoms with E-state index in [1.54, 1.807) is 7.11 Å². The highest BCUT2D eigenvalue weighted by Gasteiger charge is 2.40. The Balaban J connectivity index is 1.59. The SMILES string of the molecule is COCc1ccc(C(O)CC2CC3CCC2C3)cc1. The Morgan fingerprint density at radius 3 is 2.58 bits per heavy atom. The number of fused-ring (bicyclic) bond motifs is 2. The molecular formula is C17H24O2. The third-order valence-electron chi connectivity index (χ3n) is 5.09. The minimum atomic E-state index is -0.291. The van der Waals surface area contributed by atoms with Crippen molar-refractivity contribution >= 4 is 0 Å². The topological polar surface area (TPSA) is 29.5 Å². The molecule has 2 bridgehead atoms. The third-order valence-corrected chi connectivity index (χ3v) is 5.09. The molecule has 0 radical (unpaired) electrons. The molecule has 2 nitrogen and oxygen atoms in total. The summed E-state index contributed by atoms with van der Waals surface area (Å²) in [5.74, 6) is 2.62. The van der Waals surface area contributed by atoms with Crippen molar-refractivity contribution in [3.8, 4) is 0 Å². The molecule has 2 aliphatic carbocycles. The summed E-state index contributed by atoms with van der Waals surface area (Å²) in [4.78, 5) is 0. The van der Waals surface area contributed by atoms with Crippen LogP contribution in [0.2, 0.25) is 0 Å². The zero-order chi connectivity index (χ0) is 13.2. The van der Waals surface area contributed by atoms with Crippen LogP contribution in [0.15, 0.2) is 24.3 Å². The van der Waals surface area contributed by atoms with Crippen LogP contribution >= 0.6 is 0 Å². The summed E-state index contributed by atoms with van der Waals surface area (Å²) < 4.78 is 5.11. The van der Waals surface area contributed by atoms with E-state index in [9.17, 15) is 5.11 Å². The van der Waals surface area contributed by atoms with Gasteiger partial charge in [0.15, 0.2) is 0 Å². The Hall–Kier alpha value is -0.860. The molecule has 2 saturated carbocycles. The standard InChI is InChI=1S/C17H24O2/c1-19-11-12-2-5-14(6-3-12)17(18)10-16-9-13-4-7-15(16)8-13/h2-3,5-6,13,15-18H,4,7-11H2,1H3. The highest BCUT2D eigenvalue weighted by Crippen LogP contribution is 2.50. The fourth-order valence-corrected chi connectivity index (χ4v) is 4.09. The van der Waals surface area contributed by atoms with Crippen LogP contribution in [0.25, 0.3) is 0 Å². The van der Waals surface area contributed by atoms with E-state index in [1.807, 2.05) is 12.1 Å². The van der Waals surface area contributed by atoms with Gasteiger partial charge in [0, 0.05) is 7.11 Å². The van der Waals surface area contributed by atoms with Crippen molar-refractivity contribution in [2.45, 2.75) is 44.8 Å². The van der Waals surface area contributed by atoms with Crippen LogP contribution < -0.4 is 0 Å². The summed E-state index contributed by atoms with van der Waals surface area (Å²) in [5.41, 5.74) is 2.22. The second-order valence-corrected chi connectivity index (χ2v) is 6.36. The summed E-state index contributed by atoms with van der Waals surface area (Å²) in [5, 5.41) is 10.4. The first-order valence-electron chi connectivity index (χ1n) is 7.52. The van der Waals surface area contributed by atoms with Gasteiger partial charge in [-0.1, -0.05) is 30.7 Å². The highest BCUT2D eigenvalue weighted by molar-refractivity contribution is 5.23. The maximum atomic E-state index is 10.4. The summed E-state index contributed by atoms with van der Waals surface area (Å²) in [6.07, 6.45) is 6.26. The number of hydrogen-bond donors (Lipinski definition) is 1. The number of benzene rings is 1. The van der Waals surface area contributed by atoms with E-state index >= 15 is 0 Å². The number of methoxy groups -OCH3 is 1. The highest BCUT2D eigenvalue weighted by atomic mass is 16.5. The van der Waals surface area contributed by atoms with Gasteiger partial charge < -0.3 is 9.84 Å². The van der Waals surface area contributed by atoms with Crippen molar-refractivity contribution < 1.29 is 9.84 Å². The lowest BCUT2D eigenvalue weighted by molar-refractivity contribution is 0.125. The lowest BCUT2D eigenvalue weighted by Gasteiger charge is -2.24. The van der Waals surface area contributed by atoms with Crippen molar-refractivity contribution in [2.75, 3.05) is 7.11 Å². The zero-order valence-electron chi connectivity index (χ0n) is 11.7. The van der Waals surface area contributed by atoms with E-state index in [0.29, 0.717) is 6.61 Å². The molecule has 19 heavy (non-hydrogen) atoms. The van der Waals surface area contributed by atoms with Gasteiger partial charge >= 0.3 is 0 Å². The molecule has 4 atom stereocenters. The molecule has 2 aliphatic rings. The first kappa shape index (κ1) is 13.1. The normalized spacial score (nSPS) is 30.7. The van der Waals surface area contributed by atoms with Crippen molar-refractivity contribution in [1.29, 1.82) is 0 Å². The molecule has 104 valence electrons. The van der Waals surface area contributed by atoms with Gasteiger partial charge in [-0.15, -0.1) is 0 Å². The molecule has 2 heteroatoms. The summed E-state index contributed by atoms with van der Waals surface area (Å²) in [6, 6.07) is 8.21. The molecule has 1 N–H and O–H groups in total. The van der Waals surface area contributed by atoms with Crippen LogP contribution in [-0.4, -0.2) is 12.2 Å². The Morgan fingerprint density at radius 1 is 1.21 bits per heavy atom. The van der Waals surface area contributed by atoms with Crippen molar-refractivity contribution in [1.82, 2.24) is 0 Å². The first-order chi connectivity index (χ1) is 9.26. The van der Waals surface area contributed by atoms with Gasteiger partial charge in [-0.25, -0.2) is 0 Å². The number of rotatable bonds is 5. The van der Waals surface area contributed by atoms with Gasteiger partial charge in [0.05, 0.1) is 12.7 Å². The van der Waals surface area contributed by atoms with Crippen LogP contribution in [0.3, 0.4) is 0 Å². The molecule has 1 aromatic carbocycles. The fourth-order valence-electron chi connectivity index (χ4n) is 4.09. The van der Waals surface area contributed by atoms with E-state index in [1.165, 1.54) is 31.2 Å². The summed E-state index contributed by atoms with van der Waals surface area (Å²) >= 11 is 0. The molecule has 0 aliphatic heterocycles. The molecule has 0 spiro atoms. The van der Waals surface area contributed by atoms with Gasteiger partial charge in [0.25, 0.3) is 0 Å². The predicted octanol–water partition coefficient (Wildman–Crippen LogP) is 3.69. The Kier molecular flexibility index (Phi) is 3.90. The van der Waals surface area contributed by atoms with Gasteiger partial charge in [0.1, 0.15) is 0 Å². The minimum absolute atomic E-state index is 0.291. The molecule has 3 rings (SSSR count). The monoisotopic (exact) mass is 260 g/mol. The third kappa shape index (κ3) is 2.85. The number of ether oxygens (including phenoxy) is 1. The predicted molar refractivity (Wildman–Crippen MR) is 75.7 cm³/mol. The summed E-state index contributed by atoms with van der Waals surface area (Å²) in [7, 11) is 1.71. The van der Waals surface area contributed by atoms with Crippen LogP contribution in [0.5, 0.6) is 0 Å². The van der Waals surface area contributed by atoms with Gasteiger partial charge in [-0.05, 0) is 54.6 Å². The van der Waals surface area contributed by atoms with E-state index < -0.39 is 0 Å².